The summed E-state index contributed by atoms with van der Waals surface area (Å²) in [6.07, 6.45) is 0.325. The van der Waals surface area contributed by atoms with Gasteiger partial charge in [0.1, 0.15) is 5.75 Å². The minimum Gasteiger partial charge on any atom is -0.497 e. The Morgan fingerprint density at radius 2 is 1.89 bits per heavy atom. The third-order valence-corrected chi connectivity index (χ3v) is 9.00. The molecule has 11 nitrogen and oxygen atoms in total. The highest BCUT2D eigenvalue weighted by atomic mass is 32.2. The third kappa shape index (κ3) is 7.62. The molecule has 4 atom stereocenters. The zero-order valence-corrected chi connectivity index (χ0v) is 22.2. The topological polar surface area (TPSA) is 127 Å². The van der Waals surface area contributed by atoms with Gasteiger partial charge >= 0.3 is 0 Å². The molecule has 3 saturated heterocycles. The molecule has 0 unspecified atom stereocenters. The number of methoxy groups -OCH3 is 1. The van der Waals surface area contributed by atoms with Crippen LogP contribution in [0.2, 0.25) is 0 Å². The average molecular weight is 542 g/mol. The second-order valence-corrected chi connectivity index (χ2v) is 11.6. The van der Waals surface area contributed by atoms with Crippen molar-refractivity contribution in [1.82, 2.24) is 14.5 Å². The molecule has 12 heteroatoms. The molecule has 3 heterocycles. The molecule has 37 heavy (non-hydrogen) atoms. The predicted octanol–water partition coefficient (Wildman–Crippen LogP) is 0.222. The highest BCUT2D eigenvalue weighted by Gasteiger charge is 2.43. The van der Waals surface area contributed by atoms with Crippen LogP contribution in [0, 0.1) is 0 Å². The van der Waals surface area contributed by atoms with Crippen molar-refractivity contribution in [1.29, 1.82) is 0 Å². The number of fused-ring (bicyclic) bond motifs is 1. The van der Waals surface area contributed by atoms with Gasteiger partial charge in [-0.25, -0.2) is 8.42 Å². The Balaban J connectivity index is 1.33. The maximum atomic E-state index is 13.6. The third-order valence-electron chi connectivity index (χ3n) is 7.09. The Bertz CT molecular complexity index is 971. The van der Waals surface area contributed by atoms with Crippen LogP contribution < -0.4 is 10.1 Å². The first-order valence-corrected chi connectivity index (χ1v) is 14.4. The molecule has 0 radical (unpaired) electrons. The molecule has 3 aliphatic rings. The number of rotatable bonds is 9. The SMILES string of the molecule is COc1ccc(S(=O)(=O)N2C[C@H](O)COC[C@H]3O[C@H](CC(=O)NCCCN4CCOCC4)CC[C@@H]32)cc1. The number of sulfonamides is 1. The molecule has 1 aromatic carbocycles. The number of hydrogen-bond donors (Lipinski definition) is 2. The van der Waals surface area contributed by atoms with Gasteiger partial charge in [-0.1, -0.05) is 0 Å². The number of aliphatic hydroxyl groups is 1. The summed E-state index contributed by atoms with van der Waals surface area (Å²) in [5.41, 5.74) is 0. The first-order chi connectivity index (χ1) is 17.9. The number of hydrogen-bond acceptors (Lipinski definition) is 9. The minimum atomic E-state index is -3.90. The van der Waals surface area contributed by atoms with E-state index >= 15 is 0 Å². The number of benzene rings is 1. The monoisotopic (exact) mass is 541 g/mol. The van der Waals surface area contributed by atoms with Crippen LogP contribution in [0.15, 0.2) is 29.2 Å². The van der Waals surface area contributed by atoms with Gasteiger partial charge in [-0.15, -0.1) is 0 Å². The fourth-order valence-electron chi connectivity index (χ4n) is 5.09. The van der Waals surface area contributed by atoms with Crippen molar-refractivity contribution in [3.8, 4) is 5.75 Å². The second kappa shape index (κ2) is 13.3. The number of amides is 1. The van der Waals surface area contributed by atoms with Gasteiger partial charge in [0.05, 0.1) is 69.2 Å². The predicted molar refractivity (Wildman–Crippen MR) is 135 cm³/mol. The summed E-state index contributed by atoms with van der Waals surface area (Å²) in [5.74, 6) is 0.483. The highest BCUT2D eigenvalue weighted by Crippen LogP contribution is 2.32. The van der Waals surface area contributed by atoms with Gasteiger partial charge in [0.15, 0.2) is 0 Å². The summed E-state index contributed by atoms with van der Waals surface area (Å²) < 4.78 is 50.8. The molecule has 0 spiro atoms. The van der Waals surface area contributed by atoms with Crippen molar-refractivity contribution in [2.75, 3.05) is 66.3 Å². The molecular weight excluding hydrogens is 502 g/mol. The van der Waals surface area contributed by atoms with Gasteiger partial charge in [0.25, 0.3) is 0 Å². The van der Waals surface area contributed by atoms with Gasteiger partial charge in [-0.05, 0) is 50.1 Å². The number of β-amino-alcohol motifs (C(OH)–C–C–N with tert-alkyl or cyclic N) is 1. The Labute approximate surface area is 219 Å². The molecule has 208 valence electrons. The maximum Gasteiger partial charge on any atom is 0.243 e. The Morgan fingerprint density at radius 3 is 2.62 bits per heavy atom. The number of ether oxygens (including phenoxy) is 4. The molecule has 2 N–H and O–H groups in total. The Kier molecular flexibility index (Phi) is 10.2. The van der Waals surface area contributed by atoms with Crippen molar-refractivity contribution >= 4 is 15.9 Å². The van der Waals surface area contributed by atoms with E-state index in [1.165, 1.54) is 23.5 Å². The Morgan fingerprint density at radius 1 is 1.14 bits per heavy atom. The van der Waals surface area contributed by atoms with Gasteiger partial charge in [0, 0.05) is 26.2 Å². The standard InChI is InChI=1S/C25H39N3O8S/c1-33-20-3-6-22(7-4-20)37(31,32)28-16-19(29)17-35-18-24-23(28)8-5-21(36-24)15-25(30)26-9-2-10-27-11-13-34-14-12-27/h3-4,6-7,19,21,23-24,29H,2,5,8-18H2,1H3,(H,26,30)/t19-,21-,23-,24+/m0/s1. The van der Waals surface area contributed by atoms with Crippen molar-refractivity contribution in [3.05, 3.63) is 24.3 Å². The number of nitrogens with zero attached hydrogens (tertiary/aromatic N) is 2. The average Bonchev–Trinajstić information content (AvgIpc) is 2.90. The number of carbonyl (C=O) groups excluding carboxylic acids is 1. The van der Waals surface area contributed by atoms with Gasteiger partial charge in [-0.3, -0.25) is 9.69 Å². The maximum absolute atomic E-state index is 13.6. The van der Waals surface area contributed by atoms with Crippen LogP contribution in [0.1, 0.15) is 25.7 Å². The summed E-state index contributed by atoms with van der Waals surface area (Å²) in [7, 11) is -2.39. The molecule has 3 aliphatic heterocycles. The van der Waals surface area contributed by atoms with Crippen LogP contribution in [-0.4, -0.2) is 119 Å². The van der Waals surface area contributed by atoms with Crippen LogP contribution in [0.25, 0.3) is 0 Å². The van der Waals surface area contributed by atoms with Gasteiger partial charge < -0.3 is 29.4 Å². The van der Waals surface area contributed by atoms with E-state index in [0.29, 0.717) is 25.1 Å². The van der Waals surface area contributed by atoms with Crippen molar-refractivity contribution < 1.29 is 37.3 Å². The van der Waals surface area contributed by atoms with E-state index < -0.39 is 28.3 Å². The fraction of sp³-hybridized carbons (Fsp3) is 0.720. The second-order valence-electron chi connectivity index (χ2n) is 9.74. The normalized spacial score (nSPS) is 28.1. The lowest BCUT2D eigenvalue weighted by Crippen LogP contribution is -2.57. The summed E-state index contributed by atoms with van der Waals surface area (Å²) >= 11 is 0. The molecule has 1 aromatic rings. The van der Waals surface area contributed by atoms with Crippen LogP contribution in [0.4, 0.5) is 0 Å². The fourth-order valence-corrected chi connectivity index (χ4v) is 6.80. The van der Waals surface area contributed by atoms with Crippen LogP contribution in [0.3, 0.4) is 0 Å². The van der Waals surface area contributed by atoms with Crippen LogP contribution in [0.5, 0.6) is 5.75 Å². The minimum absolute atomic E-state index is 0.00943. The van der Waals surface area contributed by atoms with Gasteiger partial charge in [0.2, 0.25) is 15.9 Å². The molecular formula is C25H39N3O8S. The number of carbonyl (C=O) groups is 1. The molecule has 0 bridgehead atoms. The van der Waals surface area contributed by atoms with Crippen LogP contribution in [-0.2, 0) is 29.0 Å². The molecule has 0 aromatic heterocycles. The van der Waals surface area contributed by atoms with E-state index in [4.69, 9.17) is 18.9 Å². The lowest BCUT2D eigenvalue weighted by atomic mass is 9.96. The summed E-state index contributed by atoms with van der Waals surface area (Å²) in [6, 6.07) is 5.69. The zero-order chi connectivity index (χ0) is 26.3. The lowest BCUT2D eigenvalue weighted by molar-refractivity contribution is -0.146. The first kappa shape index (κ1) is 28.2. The molecule has 0 saturated carbocycles. The molecule has 3 fully saturated rings. The van der Waals surface area contributed by atoms with E-state index in [1.807, 2.05) is 0 Å². The van der Waals surface area contributed by atoms with E-state index in [9.17, 15) is 18.3 Å². The summed E-state index contributed by atoms with van der Waals surface area (Å²) in [6.45, 7) is 4.97. The zero-order valence-electron chi connectivity index (χ0n) is 21.4. The summed E-state index contributed by atoms with van der Waals surface area (Å²) in [4.78, 5) is 15.0. The largest absolute Gasteiger partial charge is 0.497 e. The van der Waals surface area contributed by atoms with Crippen molar-refractivity contribution in [2.24, 2.45) is 0 Å². The first-order valence-electron chi connectivity index (χ1n) is 13.0. The number of nitrogens with one attached hydrogen (secondary N) is 1. The molecule has 4 rings (SSSR count). The Hall–Kier alpha value is -1.80. The number of aliphatic hydroxyl groups excluding tert-OH is 1. The molecule has 0 aliphatic carbocycles. The summed E-state index contributed by atoms with van der Waals surface area (Å²) in [5, 5.41) is 13.3. The van der Waals surface area contributed by atoms with E-state index in [-0.39, 0.29) is 43.1 Å². The lowest BCUT2D eigenvalue weighted by Gasteiger charge is -2.43. The number of morpholine rings is 1. The van der Waals surface area contributed by atoms with Crippen LogP contribution >= 0.6 is 0 Å². The van der Waals surface area contributed by atoms with Crippen molar-refractivity contribution in [2.45, 2.75) is 54.9 Å². The molecule has 1 amide bonds. The smallest absolute Gasteiger partial charge is 0.243 e. The quantitative estimate of drug-likeness (QED) is 0.422. The van der Waals surface area contributed by atoms with E-state index in [0.717, 1.165) is 39.3 Å². The van der Waals surface area contributed by atoms with E-state index in [2.05, 4.69) is 10.2 Å². The van der Waals surface area contributed by atoms with Crippen molar-refractivity contribution in [3.63, 3.8) is 0 Å². The van der Waals surface area contributed by atoms with E-state index in [1.54, 1.807) is 12.1 Å². The van der Waals surface area contributed by atoms with Gasteiger partial charge in [-0.2, -0.15) is 4.31 Å². The highest BCUT2D eigenvalue weighted by molar-refractivity contribution is 7.89.